The number of hydrogen-bond acceptors (Lipinski definition) is 4. The number of anilines is 1. The number of rotatable bonds is 8. The van der Waals surface area contributed by atoms with Gasteiger partial charge in [0.15, 0.2) is 0 Å². The molecule has 1 fully saturated rings. The summed E-state index contributed by atoms with van der Waals surface area (Å²) in [6.45, 7) is 9.47. The van der Waals surface area contributed by atoms with Crippen LogP contribution in [0.3, 0.4) is 0 Å². The van der Waals surface area contributed by atoms with Crippen LogP contribution in [0, 0.1) is 12.8 Å². The third kappa shape index (κ3) is 6.42. The molecule has 0 aromatic heterocycles. The molecule has 204 valence electrons. The summed E-state index contributed by atoms with van der Waals surface area (Å²) in [5, 5.41) is 0. The van der Waals surface area contributed by atoms with Gasteiger partial charge in [-0.05, 0) is 78.9 Å². The minimum absolute atomic E-state index is 0.0625. The lowest BCUT2D eigenvalue weighted by atomic mass is 9.95. The minimum Gasteiger partial charge on any atom is -0.457 e. The summed E-state index contributed by atoms with van der Waals surface area (Å²) < 4.78 is 6.10. The number of aliphatic imine (C=N–C) groups is 1. The minimum atomic E-state index is 0.0625. The van der Waals surface area contributed by atoms with Crippen LogP contribution in [-0.2, 0) is 0 Å². The summed E-state index contributed by atoms with van der Waals surface area (Å²) in [4.78, 5) is 23.0. The van der Waals surface area contributed by atoms with Crippen molar-refractivity contribution in [3.8, 4) is 11.5 Å². The van der Waals surface area contributed by atoms with Gasteiger partial charge in [-0.25, -0.2) is 0 Å². The number of amides is 1. The van der Waals surface area contributed by atoms with Crippen LogP contribution in [-0.4, -0.2) is 42.7 Å². The summed E-state index contributed by atoms with van der Waals surface area (Å²) >= 11 is 0. The molecular formula is C35H37N3O2. The van der Waals surface area contributed by atoms with Crippen LogP contribution in [0.2, 0.25) is 0 Å². The first-order chi connectivity index (χ1) is 19.5. The second-order valence-electron chi connectivity index (χ2n) is 10.4. The fourth-order valence-corrected chi connectivity index (χ4v) is 4.98. The van der Waals surface area contributed by atoms with Crippen molar-refractivity contribution in [2.75, 3.05) is 31.1 Å². The first-order valence-corrected chi connectivity index (χ1v) is 14.1. The largest absolute Gasteiger partial charge is 0.457 e. The van der Waals surface area contributed by atoms with Gasteiger partial charge in [0.05, 0.1) is 11.4 Å². The lowest BCUT2D eigenvalue weighted by Gasteiger charge is -2.36. The van der Waals surface area contributed by atoms with Gasteiger partial charge in [0.1, 0.15) is 11.5 Å². The van der Waals surface area contributed by atoms with E-state index in [-0.39, 0.29) is 11.8 Å². The van der Waals surface area contributed by atoms with Gasteiger partial charge < -0.3 is 14.5 Å². The van der Waals surface area contributed by atoms with E-state index in [1.807, 2.05) is 71.6 Å². The summed E-state index contributed by atoms with van der Waals surface area (Å²) in [6, 6.07) is 34.2. The maximum absolute atomic E-state index is 13.5. The predicted molar refractivity (Wildman–Crippen MR) is 164 cm³/mol. The Morgan fingerprint density at radius 3 is 2.17 bits per heavy atom. The SMILES string of the molecule is CCC(C)C(=Nc1cc(C(=O)N2CCN(c3ccccc3)CC2)ccc1C)c1cccc(Oc2ccccc2)c1. The number of hydrogen-bond donors (Lipinski definition) is 0. The fourth-order valence-electron chi connectivity index (χ4n) is 4.98. The van der Waals surface area contributed by atoms with Crippen molar-refractivity contribution in [3.63, 3.8) is 0 Å². The second-order valence-corrected chi connectivity index (χ2v) is 10.4. The molecule has 1 unspecified atom stereocenters. The van der Waals surface area contributed by atoms with Crippen LogP contribution in [0.25, 0.3) is 0 Å². The van der Waals surface area contributed by atoms with Gasteiger partial charge in [-0.3, -0.25) is 9.79 Å². The van der Waals surface area contributed by atoms with Crippen LogP contribution in [0.15, 0.2) is 108 Å². The molecule has 1 heterocycles. The third-order valence-corrected chi connectivity index (χ3v) is 7.57. The van der Waals surface area contributed by atoms with Crippen LogP contribution < -0.4 is 9.64 Å². The number of carbonyl (C=O) groups is 1. The number of nitrogens with zero attached hydrogens (tertiary/aromatic N) is 3. The van der Waals surface area contributed by atoms with E-state index in [0.29, 0.717) is 18.7 Å². The summed E-state index contributed by atoms with van der Waals surface area (Å²) in [6.07, 6.45) is 0.950. The molecule has 40 heavy (non-hydrogen) atoms. The molecule has 1 amide bonds. The Balaban J connectivity index is 1.37. The highest BCUT2D eigenvalue weighted by atomic mass is 16.5. The summed E-state index contributed by atoms with van der Waals surface area (Å²) in [5.74, 6) is 1.87. The van der Waals surface area contributed by atoms with E-state index >= 15 is 0 Å². The van der Waals surface area contributed by atoms with E-state index in [1.165, 1.54) is 5.69 Å². The highest BCUT2D eigenvalue weighted by Crippen LogP contribution is 2.28. The Labute approximate surface area is 237 Å². The fraction of sp³-hybridized carbons (Fsp3) is 0.257. The van der Waals surface area contributed by atoms with Crippen molar-refractivity contribution in [1.82, 2.24) is 4.90 Å². The Morgan fingerprint density at radius 1 is 0.800 bits per heavy atom. The molecule has 1 saturated heterocycles. The maximum Gasteiger partial charge on any atom is 0.254 e. The van der Waals surface area contributed by atoms with E-state index in [4.69, 9.17) is 9.73 Å². The number of carbonyl (C=O) groups excluding carboxylic acids is 1. The molecule has 0 N–H and O–H groups in total. The molecule has 5 rings (SSSR count). The van der Waals surface area contributed by atoms with Gasteiger partial charge in [0.25, 0.3) is 5.91 Å². The van der Waals surface area contributed by atoms with E-state index < -0.39 is 0 Å². The normalized spacial score (nSPS) is 14.6. The van der Waals surface area contributed by atoms with Gasteiger partial charge in [-0.1, -0.05) is 68.4 Å². The molecule has 0 radical (unpaired) electrons. The first-order valence-electron chi connectivity index (χ1n) is 14.1. The molecule has 5 nitrogen and oxygen atoms in total. The van der Waals surface area contributed by atoms with Crippen molar-refractivity contribution in [2.45, 2.75) is 27.2 Å². The molecule has 0 saturated carbocycles. The van der Waals surface area contributed by atoms with Crippen molar-refractivity contribution in [3.05, 3.63) is 120 Å². The van der Waals surface area contributed by atoms with Crippen LogP contribution in [0.5, 0.6) is 11.5 Å². The summed E-state index contributed by atoms with van der Waals surface area (Å²) in [5.41, 5.74) is 5.78. The van der Waals surface area contributed by atoms with Crippen molar-refractivity contribution in [1.29, 1.82) is 0 Å². The van der Waals surface area contributed by atoms with E-state index in [9.17, 15) is 4.79 Å². The number of benzene rings is 4. The monoisotopic (exact) mass is 531 g/mol. The molecule has 1 aliphatic heterocycles. The lowest BCUT2D eigenvalue weighted by molar-refractivity contribution is 0.0747. The standard InChI is InChI=1S/C35H37N3O2/c1-4-26(2)34(28-12-11-17-32(24-28)40-31-15-9-6-10-16-31)36-33-25-29(19-18-27(33)3)35(39)38-22-20-37(21-23-38)30-13-7-5-8-14-30/h5-19,24-26H,4,20-23H2,1-3H3. The second kappa shape index (κ2) is 12.6. The molecule has 5 heteroatoms. The smallest absolute Gasteiger partial charge is 0.254 e. The average Bonchev–Trinajstić information content (AvgIpc) is 3.01. The summed E-state index contributed by atoms with van der Waals surface area (Å²) in [7, 11) is 0. The van der Waals surface area contributed by atoms with Crippen LogP contribution in [0.4, 0.5) is 11.4 Å². The Morgan fingerprint density at radius 2 is 1.48 bits per heavy atom. The average molecular weight is 532 g/mol. The highest BCUT2D eigenvalue weighted by Gasteiger charge is 2.23. The van der Waals surface area contributed by atoms with Gasteiger partial charge in [0, 0.05) is 37.4 Å². The molecule has 4 aromatic rings. The van der Waals surface area contributed by atoms with Gasteiger partial charge in [-0.15, -0.1) is 0 Å². The van der Waals surface area contributed by atoms with Crippen LogP contribution in [0.1, 0.15) is 41.8 Å². The van der Waals surface area contributed by atoms with Crippen molar-refractivity contribution in [2.24, 2.45) is 10.9 Å². The first kappa shape index (κ1) is 27.2. The zero-order valence-corrected chi connectivity index (χ0v) is 23.6. The highest BCUT2D eigenvalue weighted by molar-refractivity contribution is 6.04. The molecule has 0 aliphatic carbocycles. The van der Waals surface area contributed by atoms with E-state index in [2.05, 4.69) is 62.1 Å². The number of piperazine rings is 1. The van der Waals surface area contributed by atoms with E-state index in [1.54, 1.807) is 0 Å². The quantitative estimate of drug-likeness (QED) is 0.217. The molecular weight excluding hydrogens is 494 g/mol. The Bertz CT molecular complexity index is 1460. The van der Waals surface area contributed by atoms with Crippen molar-refractivity contribution >= 4 is 23.0 Å². The predicted octanol–water partition coefficient (Wildman–Crippen LogP) is 7.92. The molecule has 1 aliphatic rings. The molecule has 0 spiro atoms. The number of aryl methyl sites for hydroxylation is 1. The van der Waals surface area contributed by atoms with Crippen LogP contribution >= 0.6 is 0 Å². The topological polar surface area (TPSA) is 45.1 Å². The van der Waals surface area contributed by atoms with Gasteiger partial charge in [0.2, 0.25) is 0 Å². The Kier molecular flexibility index (Phi) is 8.60. The zero-order chi connectivity index (χ0) is 27.9. The van der Waals surface area contributed by atoms with Gasteiger partial charge >= 0.3 is 0 Å². The number of ether oxygens (including phenoxy) is 1. The maximum atomic E-state index is 13.5. The van der Waals surface area contributed by atoms with Crippen molar-refractivity contribution < 1.29 is 9.53 Å². The molecule has 1 atom stereocenters. The zero-order valence-electron chi connectivity index (χ0n) is 23.6. The molecule has 4 aromatic carbocycles. The lowest BCUT2D eigenvalue weighted by Crippen LogP contribution is -2.48. The van der Waals surface area contributed by atoms with E-state index in [0.717, 1.165) is 53.5 Å². The number of para-hydroxylation sites is 2. The Hall–Kier alpha value is -4.38. The molecule has 0 bridgehead atoms. The third-order valence-electron chi connectivity index (χ3n) is 7.57. The van der Waals surface area contributed by atoms with Gasteiger partial charge in [-0.2, -0.15) is 0 Å².